The Morgan fingerprint density at radius 1 is 1.42 bits per heavy atom. The summed E-state index contributed by atoms with van der Waals surface area (Å²) in [5.41, 5.74) is -0.194. The predicted octanol–water partition coefficient (Wildman–Crippen LogP) is 3.20. The van der Waals surface area contributed by atoms with Crippen molar-refractivity contribution in [1.29, 1.82) is 0 Å². The second kappa shape index (κ2) is 4.44. The normalized spacial score (nSPS) is 12.8. The van der Waals surface area contributed by atoms with E-state index in [2.05, 4.69) is 6.08 Å². The lowest BCUT2D eigenvalue weighted by atomic mass is 9.80. The molecule has 70 valence electrons. The molecule has 0 spiro atoms. The van der Waals surface area contributed by atoms with E-state index < -0.39 is 0 Å². The van der Waals surface area contributed by atoms with E-state index in [1.165, 1.54) is 0 Å². The maximum Gasteiger partial charge on any atom is 0.141 e. The first kappa shape index (κ1) is 11.4. The molecular formula is C11H20O. The fourth-order valence-electron chi connectivity index (χ4n) is 1.29. The molecule has 0 aromatic heterocycles. The van der Waals surface area contributed by atoms with Crippen molar-refractivity contribution in [1.82, 2.24) is 0 Å². The molecule has 0 aliphatic carbocycles. The summed E-state index contributed by atoms with van der Waals surface area (Å²) in [6.07, 6.45) is 4.90. The molecule has 0 heterocycles. The minimum atomic E-state index is -0.194. The lowest BCUT2D eigenvalue weighted by molar-refractivity contribution is -0.130. The molecule has 0 unspecified atom stereocenters. The zero-order valence-corrected chi connectivity index (χ0v) is 8.85. The summed E-state index contributed by atoms with van der Waals surface area (Å²) in [5, 5.41) is 0. The number of rotatable bonds is 4. The molecule has 0 amide bonds. The quantitative estimate of drug-likeness (QED) is 0.589. The molecule has 0 fully saturated rings. The highest BCUT2D eigenvalue weighted by Crippen LogP contribution is 2.25. The summed E-state index contributed by atoms with van der Waals surface area (Å²) in [7, 11) is 0. The number of Topliss-reactive ketones (excluding diaryl/α,β-unsaturated/α-hetero) is 1. The lowest BCUT2D eigenvalue weighted by Gasteiger charge is -2.23. The summed E-state index contributed by atoms with van der Waals surface area (Å²) >= 11 is 0. The Morgan fingerprint density at radius 2 is 1.92 bits per heavy atom. The van der Waals surface area contributed by atoms with Crippen LogP contribution in [0.1, 0.15) is 41.0 Å². The van der Waals surface area contributed by atoms with Gasteiger partial charge in [0.25, 0.3) is 0 Å². The second-order valence-corrected chi connectivity index (χ2v) is 4.18. The van der Waals surface area contributed by atoms with E-state index in [0.29, 0.717) is 5.78 Å². The van der Waals surface area contributed by atoms with Crippen LogP contribution in [0.25, 0.3) is 0 Å². The molecule has 0 rings (SSSR count). The van der Waals surface area contributed by atoms with Crippen molar-refractivity contribution in [3.05, 3.63) is 12.2 Å². The SMILES string of the molecule is CC=CCC(C)(C)C(=O)C(C)C. The van der Waals surface area contributed by atoms with Crippen LogP contribution < -0.4 is 0 Å². The minimum absolute atomic E-state index is 0.144. The molecule has 0 aromatic carbocycles. The highest BCUT2D eigenvalue weighted by Gasteiger charge is 2.27. The predicted molar refractivity (Wildman–Crippen MR) is 53.1 cm³/mol. The van der Waals surface area contributed by atoms with E-state index in [-0.39, 0.29) is 11.3 Å². The third kappa shape index (κ3) is 3.21. The molecule has 12 heavy (non-hydrogen) atoms. The molecule has 0 aromatic rings. The molecule has 0 aliphatic heterocycles. The van der Waals surface area contributed by atoms with Gasteiger partial charge in [-0.1, -0.05) is 39.8 Å². The molecule has 0 aliphatic rings. The molecule has 0 saturated heterocycles. The van der Waals surface area contributed by atoms with Crippen LogP contribution in [0.2, 0.25) is 0 Å². The highest BCUT2D eigenvalue weighted by molar-refractivity contribution is 5.85. The smallest absolute Gasteiger partial charge is 0.141 e. The van der Waals surface area contributed by atoms with Crippen LogP contribution in [0.3, 0.4) is 0 Å². The van der Waals surface area contributed by atoms with Crippen LogP contribution in [0, 0.1) is 11.3 Å². The average molecular weight is 168 g/mol. The summed E-state index contributed by atoms with van der Waals surface area (Å²) < 4.78 is 0. The molecule has 0 saturated carbocycles. The van der Waals surface area contributed by atoms with Gasteiger partial charge in [-0.05, 0) is 13.3 Å². The number of allylic oxidation sites excluding steroid dienone is 2. The number of carbonyl (C=O) groups is 1. The molecule has 0 N–H and O–H groups in total. The van der Waals surface area contributed by atoms with Gasteiger partial charge in [-0.15, -0.1) is 0 Å². The summed E-state index contributed by atoms with van der Waals surface area (Å²) in [4.78, 5) is 11.6. The Balaban J connectivity index is 4.28. The van der Waals surface area contributed by atoms with Crippen molar-refractivity contribution in [3.63, 3.8) is 0 Å². The Kier molecular flexibility index (Phi) is 4.22. The zero-order valence-electron chi connectivity index (χ0n) is 8.85. The third-order valence-electron chi connectivity index (χ3n) is 2.06. The number of hydrogen-bond acceptors (Lipinski definition) is 1. The number of hydrogen-bond donors (Lipinski definition) is 0. The van der Waals surface area contributed by atoms with Gasteiger partial charge >= 0.3 is 0 Å². The van der Waals surface area contributed by atoms with Gasteiger partial charge < -0.3 is 0 Å². The van der Waals surface area contributed by atoms with Gasteiger partial charge in [0.05, 0.1) is 0 Å². The van der Waals surface area contributed by atoms with Crippen molar-refractivity contribution in [2.24, 2.45) is 11.3 Å². The van der Waals surface area contributed by atoms with Gasteiger partial charge in [0, 0.05) is 11.3 Å². The molecule has 1 nitrogen and oxygen atoms in total. The minimum Gasteiger partial charge on any atom is -0.299 e. The van der Waals surface area contributed by atoms with E-state index in [4.69, 9.17) is 0 Å². The molecule has 0 atom stereocenters. The summed E-state index contributed by atoms with van der Waals surface area (Å²) in [5.74, 6) is 0.492. The van der Waals surface area contributed by atoms with Crippen molar-refractivity contribution >= 4 is 5.78 Å². The van der Waals surface area contributed by atoms with Gasteiger partial charge in [-0.3, -0.25) is 4.79 Å². The van der Waals surface area contributed by atoms with E-state index in [1.54, 1.807) is 0 Å². The van der Waals surface area contributed by atoms with Crippen LogP contribution in [-0.4, -0.2) is 5.78 Å². The fourth-order valence-corrected chi connectivity index (χ4v) is 1.29. The summed E-state index contributed by atoms with van der Waals surface area (Å²) in [6.45, 7) is 9.92. The second-order valence-electron chi connectivity index (χ2n) is 4.18. The molecular weight excluding hydrogens is 148 g/mol. The molecule has 0 radical (unpaired) electrons. The van der Waals surface area contributed by atoms with Crippen LogP contribution in [0.15, 0.2) is 12.2 Å². The Hall–Kier alpha value is -0.590. The van der Waals surface area contributed by atoms with Gasteiger partial charge in [0.2, 0.25) is 0 Å². The van der Waals surface area contributed by atoms with Gasteiger partial charge in [0.1, 0.15) is 5.78 Å². The van der Waals surface area contributed by atoms with Crippen molar-refractivity contribution < 1.29 is 4.79 Å². The van der Waals surface area contributed by atoms with Gasteiger partial charge in [0.15, 0.2) is 0 Å². The first-order valence-electron chi connectivity index (χ1n) is 4.57. The molecule has 1 heteroatoms. The van der Waals surface area contributed by atoms with E-state index in [9.17, 15) is 4.79 Å². The number of carbonyl (C=O) groups excluding carboxylic acids is 1. The van der Waals surface area contributed by atoms with E-state index in [0.717, 1.165) is 6.42 Å². The topological polar surface area (TPSA) is 17.1 Å². The van der Waals surface area contributed by atoms with Crippen LogP contribution in [0.5, 0.6) is 0 Å². The fraction of sp³-hybridized carbons (Fsp3) is 0.727. The summed E-state index contributed by atoms with van der Waals surface area (Å²) in [6, 6.07) is 0. The standard InChI is InChI=1S/C11H20O/c1-6-7-8-11(4,5)10(12)9(2)3/h6-7,9H,8H2,1-5H3. The highest BCUT2D eigenvalue weighted by atomic mass is 16.1. The zero-order chi connectivity index (χ0) is 9.78. The van der Waals surface area contributed by atoms with Gasteiger partial charge in [-0.25, -0.2) is 0 Å². The Labute approximate surface area is 75.9 Å². The first-order chi connectivity index (χ1) is 5.41. The first-order valence-corrected chi connectivity index (χ1v) is 4.57. The van der Waals surface area contributed by atoms with E-state index >= 15 is 0 Å². The maximum atomic E-state index is 11.6. The molecule has 0 bridgehead atoms. The Morgan fingerprint density at radius 3 is 2.25 bits per heavy atom. The lowest BCUT2D eigenvalue weighted by Crippen LogP contribution is -2.27. The number of ketones is 1. The largest absolute Gasteiger partial charge is 0.299 e. The van der Waals surface area contributed by atoms with Crippen LogP contribution >= 0.6 is 0 Å². The third-order valence-corrected chi connectivity index (χ3v) is 2.06. The van der Waals surface area contributed by atoms with Crippen LogP contribution in [-0.2, 0) is 4.79 Å². The van der Waals surface area contributed by atoms with E-state index in [1.807, 2.05) is 40.7 Å². The van der Waals surface area contributed by atoms with Crippen molar-refractivity contribution in [2.45, 2.75) is 41.0 Å². The monoisotopic (exact) mass is 168 g/mol. The average Bonchev–Trinajstić information content (AvgIpc) is 1.99. The van der Waals surface area contributed by atoms with Crippen LogP contribution in [0.4, 0.5) is 0 Å². The Bertz CT molecular complexity index is 175. The maximum absolute atomic E-state index is 11.6. The van der Waals surface area contributed by atoms with Crippen molar-refractivity contribution in [2.75, 3.05) is 0 Å². The van der Waals surface area contributed by atoms with Crippen molar-refractivity contribution in [3.8, 4) is 0 Å². The van der Waals surface area contributed by atoms with Gasteiger partial charge in [-0.2, -0.15) is 0 Å².